The SMILES string of the molecule is O=C(C[C@@H]1CCc2ccccc21)N1CCC2(CC1)C(=O)Nc1ccccc12. The van der Waals surface area contributed by atoms with Crippen LogP contribution >= 0.6 is 0 Å². The van der Waals surface area contributed by atoms with Gasteiger partial charge in [0.15, 0.2) is 0 Å². The number of amides is 2. The van der Waals surface area contributed by atoms with Crippen LogP contribution in [0.1, 0.15) is 48.3 Å². The Morgan fingerprint density at radius 2 is 1.81 bits per heavy atom. The number of hydrogen-bond donors (Lipinski definition) is 1. The summed E-state index contributed by atoms with van der Waals surface area (Å²) < 4.78 is 0. The van der Waals surface area contributed by atoms with Crippen LogP contribution in [0.4, 0.5) is 5.69 Å². The van der Waals surface area contributed by atoms with E-state index in [0.717, 1.165) is 24.1 Å². The van der Waals surface area contributed by atoms with E-state index in [-0.39, 0.29) is 11.8 Å². The van der Waals surface area contributed by atoms with Crippen LogP contribution in [0.3, 0.4) is 0 Å². The Balaban J connectivity index is 1.28. The molecule has 4 heteroatoms. The first-order chi connectivity index (χ1) is 13.2. The second-order valence-electron chi connectivity index (χ2n) is 8.10. The average Bonchev–Trinajstić information content (AvgIpc) is 3.22. The first-order valence-corrected chi connectivity index (χ1v) is 9.94. The van der Waals surface area contributed by atoms with Crippen molar-refractivity contribution in [1.29, 1.82) is 0 Å². The van der Waals surface area contributed by atoms with Crippen LogP contribution in [-0.4, -0.2) is 29.8 Å². The quantitative estimate of drug-likeness (QED) is 0.889. The number of fused-ring (bicyclic) bond motifs is 3. The van der Waals surface area contributed by atoms with Crippen LogP contribution in [0.5, 0.6) is 0 Å². The predicted molar refractivity (Wildman–Crippen MR) is 105 cm³/mol. The van der Waals surface area contributed by atoms with E-state index in [9.17, 15) is 9.59 Å². The van der Waals surface area contributed by atoms with Crippen molar-refractivity contribution in [3.05, 3.63) is 65.2 Å². The Morgan fingerprint density at radius 1 is 1.07 bits per heavy atom. The third kappa shape index (κ3) is 2.58. The van der Waals surface area contributed by atoms with Gasteiger partial charge in [-0.1, -0.05) is 42.5 Å². The van der Waals surface area contributed by atoms with Gasteiger partial charge in [0.1, 0.15) is 0 Å². The van der Waals surface area contributed by atoms with Crippen molar-refractivity contribution in [3.8, 4) is 0 Å². The van der Waals surface area contributed by atoms with Crippen molar-refractivity contribution >= 4 is 17.5 Å². The summed E-state index contributed by atoms with van der Waals surface area (Å²) >= 11 is 0. The molecule has 0 radical (unpaired) electrons. The number of para-hydroxylation sites is 1. The Morgan fingerprint density at radius 3 is 2.67 bits per heavy atom. The molecule has 0 unspecified atom stereocenters. The molecule has 2 amide bonds. The third-order valence-corrected chi connectivity index (χ3v) is 6.77. The summed E-state index contributed by atoms with van der Waals surface area (Å²) in [6.45, 7) is 1.32. The van der Waals surface area contributed by atoms with Crippen molar-refractivity contribution < 1.29 is 9.59 Å². The van der Waals surface area contributed by atoms with E-state index in [0.29, 0.717) is 38.3 Å². The van der Waals surface area contributed by atoms with E-state index < -0.39 is 5.41 Å². The number of carbonyl (C=O) groups is 2. The van der Waals surface area contributed by atoms with Gasteiger partial charge in [0.2, 0.25) is 11.8 Å². The molecule has 2 aromatic rings. The molecule has 0 aromatic heterocycles. The summed E-state index contributed by atoms with van der Waals surface area (Å²) in [6.07, 6.45) is 4.16. The van der Waals surface area contributed by atoms with Gasteiger partial charge >= 0.3 is 0 Å². The van der Waals surface area contributed by atoms with Crippen molar-refractivity contribution in [2.24, 2.45) is 0 Å². The van der Waals surface area contributed by atoms with Crippen LogP contribution in [-0.2, 0) is 21.4 Å². The molecular formula is C23H24N2O2. The first-order valence-electron chi connectivity index (χ1n) is 9.94. The van der Waals surface area contributed by atoms with E-state index in [1.165, 1.54) is 11.1 Å². The summed E-state index contributed by atoms with van der Waals surface area (Å²) in [5, 5.41) is 3.03. The van der Waals surface area contributed by atoms with Crippen molar-refractivity contribution in [2.45, 2.75) is 43.4 Å². The van der Waals surface area contributed by atoms with E-state index in [1.54, 1.807) is 0 Å². The van der Waals surface area contributed by atoms with Gasteiger partial charge in [-0.15, -0.1) is 0 Å². The zero-order valence-electron chi connectivity index (χ0n) is 15.4. The number of aryl methyl sites for hydroxylation is 1. The molecule has 1 saturated heterocycles. The van der Waals surface area contributed by atoms with E-state index in [1.807, 2.05) is 23.1 Å². The molecule has 1 atom stereocenters. The molecule has 1 aliphatic carbocycles. The minimum Gasteiger partial charge on any atom is -0.343 e. The maximum absolute atomic E-state index is 12.9. The molecule has 0 bridgehead atoms. The minimum atomic E-state index is -0.451. The molecule has 138 valence electrons. The molecule has 1 fully saturated rings. The number of piperidine rings is 1. The normalized spacial score (nSPS) is 22.4. The monoisotopic (exact) mass is 360 g/mol. The van der Waals surface area contributed by atoms with E-state index in [2.05, 4.69) is 35.6 Å². The van der Waals surface area contributed by atoms with Crippen LogP contribution in [0, 0.1) is 0 Å². The number of hydrogen-bond acceptors (Lipinski definition) is 2. The fourth-order valence-electron chi connectivity index (χ4n) is 5.21. The van der Waals surface area contributed by atoms with Gasteiger partial charge in [0.25, 0.3) is 0 Å². The molecule has 5 rings (SSSR count). The van der Waals surface area contributed by atoms with Crippen LogP contribution in [0.25, 0.3) is 0 Å². The van der Waals surface area contributed by atoms with Gasteiger partial charge in [-0.25, -0.2) is 0 Å². The van der Waals surface area contributed by atoms with Gasteiger partial charge in [-0.05, 0) is 54.4 Å². The highest BCUT2D eigenvalue weighted by Crippen LogP contribution is 2.45. The van der Waals surface area contributed by atoms with Crippen molar-refractivity contribution in [1.82, 2.24) is 4.90 Å². The van der Waals surface area contributed by atoms with Crippen LogP contribution in [0.2, 0.25) is 0 Å². The Bertz CT molecular complexity index is 912. The largest absolute Gasteiger partial charge is 0.343 e. The van der Waals surface area contributed by atoms with Crippen LogP contribution < -0.4 is 5.32 Å². The molecule has 1 spiro atoms. The Hall–Kier alpha value is -2.62. The Kier molecular flexibility index (Phi) is 3.81. The summed E-state index contributed by atoms with van der Waals surface area (Å²) in [5.41, 5.74) is 4.33. The lowest BCUT2D eigenvalue weighted by Gasteiger charge is -2.38. The highest BCUT2D eigenvalue weighted by atomic mass is 16.2. The summed E-state index contributed by atoms with van der Waals surface area (Å²) in [7, 11) is 0. The van der Waals surface area contributed by atoms with Gasteiger partial charge in [0.05, 0.1) is 5.41 Å². The maximum atomic E-state index is 12.9. The van der Waals surface area contributed by atoms with Gasteiger partial charge in [-0.2, -0.15) is 0 Å². The highest BCUT2D eigenvalue weighted by Gasteiger charge is 2.48. The second-order valence-corrected chi connectivity index (χ2v) is 8.10. The van der Waals surface area contributed by atoms with Gasteiger partial charge < -0.3 is 10.2 Å². The third-order valence-electron chi connectivity index (χ3n) is 6.77. The fourth-order valence-corrected chi connectivity index (χ4v) is 5.21. The molecule has 2 heterocycles. The predicted octanol–water partition coefficient (Wildman–Crippen LogP) is 3.62. The number of carbonyl (C=O) groups excluding carboxylic acids is 2. The molecule has 2 aliphatic heterocycles. The lowest BCUT2D eigenvalue weighted by atomic mass is 9.73. The number of benzene rings is 2. The molecule has 0 saturated carbocycles. The lowest BCUT2D eigenvalue weighted by molar-refractivity contribution is -0.135. The first kappa shape index (κ1) is 16.5. The van der Waals surface area contributed by atoms with Crippen molar-refractivity contribution in [3.63, 3.8) is 0 Å². The molecular weight excluding hydrogens is 336 g/mol. The zero-order chi connectivity index (χ0) is 18.4. The average molecular weight is 360 g/mol. The zero-order valence-corrected chi connectivity index (χ0v) is 15.4. The number of anilines is 1. The fraction of sp³-hybridized carbons (Fsp3) is 0.391. The number of nitrogens with zero attached hydrogens (tertiary/aromatic N) is 1. The summed E-state index contributed by atoms with van der Waals surface area (Å²) in [6, 6.07) is 16.5. The molecule has 2 aromatic carbocycles. The second kappa shape index (κ2) is 6.22. The lowest BCUT2D eigenvalue weighted by Crippen LogP contribution is -2.48. The van der Waals surface area contributed by atoms with Crippen molar-refractivity contribution in [2.75, 3.05) is 18.4 Å². The minimum absolute atomic E-state index is 0.0977. The maximum Gasteiger partial charge on any atom is 0.235 e. The molecule has 3 aliphatic rings. The summed E-state index contributed by atoms with van der Waals surface area (Å²) in [5.74, 6) is 0.679. The molecule has 1 N–H and O–H groups in total. The number of rotatable bonds is 2. The highest BCUT2D eigenvalue weighted by molar-refractivity contribution is 6.06. The topological polar surface area (TPSA) is 49.4 Å². The van der Waals surface area contributed by atoms with Gasteiger partial charge in [0, 0.05) is 25.2 Å². The number of nitrogens with one attached hydrogen (secondary N) is 1. The number of likely N-dealkylation sites (tertiary alicyclic amines) is 1. The van der Waals surface area contributed by atoms with Crippen LogP contribution in [0.15, 0.2) is 48.5 Å². The summed E-state index contributed by atoms with van der Waals surface area (Å²) in [4.78, 5) is 27.6. The van der Waals surface area contributed by atoms with Gasteiger partial charge in [-0.3, -0.25) is 9.59 Å². The molecule has 27 heavy (non-hydrogen) atoms. The van der Waals surface area contributed by atoms with E-state index >= 15 is 0 Å². The molecule has 4 nitrogen and oxygen atoms in total. The Labute approximate surface area is 159 Å². The standard InChI is InChI=1S/C23H24N2O2/c26-21(15-17-10-9-16-5-1-2-6-18(16)17)25-13-11-23(12-14-25)19-7-3-4-8-20(19)24-22(23)27/h1-8,17H,9-15H2,(H,24,27)/t17-/m0/s1. The van der Waals surface area contributed by atoms with E-state index in [4.69, 9.17) is 0 Å². The smallest absolute Gasteiger partial charge is 0.235 e.